The molecule has 0 aliphatic heterocycles. The number of fused-ring (bicyclic) bond motifs is 36. The average Bonchev–Trinajstić information content (AvgIpc) is 1.41. The molecular formula is C143H86N4O2S. The fraction of sp³-hybridized carbons (Fsp3) is 0. The van der Waals surface area contributed by atoms with Crippen molar-refractivity contribution in [2.45, 2.75) is 0 Å². The van der Waals surface area contributed by atoms with Gasteiger partial charge in [0.15, 0.2) is 0 Å². The number of aromatic nitrogens is 4. The van der Waals surface area contributed by atoms with Crippen molar-refractivity contribution in [2.75, 3.05) is 0 Å². The summed E-state index contributed by atoms with van der Waals surface area (Å²) in [5.41, 5.74) is 28.0. The maximum Gasteiger partial charge on any atom is 0.143 e. The second-order valence-corrected chi connectivity index (χ2v) is 40.8. The minimum absolute atomic E-state index is 0.917. The molecule has 0 fully saturated rings. The van der Waals surface area contributed by atoms with Gasteiger partial charge in [0, 0.05) is 108 Å². The molecule has 7 aromatic heterocycles. The zero-order valence-corrected chi connectivity index (χ0v) is 82.0. The molecule has 0 atom stereocenters. The molecule has 6 nitrogen and oxygen atoms in total. The molecule has 0 saturated heterocycles. The summed E-state index contributed by atoms with van der Waals surface area (Å²) in [6.07, 6.45) is 0. The molecule has 7 heterocycles. The number of nitrogens with zero attached hydrogens (tertiary/aromatic N) is 4. The second kappa shape index (κ2) is 34.0. The van der Waals surface area contributed by atoms with Crippen molar-refractivity contribution >= 4 is 238 Å². The summed E-state index contributed by atoms with van der Waals surface area (Å²) in [7, 11) is 0. The normalized spacial score (nSPS) is 12.0. The van der Waals surface area contributed by atoms with Gasteiger partial charge in [-0.05, 0) is 294 Å². The lowest BCUT2D eigenvalue weighted by atomic mass is 9.94. The number of pyridine rings is 1. The number of hydrogen-bond acceptors (Lipinski definition) is 4. The molecule has 0 N–H and O–H groups in total. The fourth-order valence-electron chi connectivity index (χ4n) is 24.6. The van der Waals surface area contributed by atoms with Crippen molar-refractivity contribution in [2.24, 2.45) is 0 Å². The number of para-hydroxylation sites is 6. The van der Waals surface area contributed by atoms with Crippen LogP contribution in [0.3, 0.4) is 0 Å². The van der Waals surface area contributed by atoms with E-state index in [1.165, 1.54) is 222 Å². The second-order valence-electron chi connectivity index (χ2n) is 39.7. The van der Waals surface area contributed by atoms with Crippen LogP contribution in [0.5, 0.6) is 0 Å². The molecule has 0 aliphatic rings. The van der Waals surface area contributed by atoms with E-state index in [1.54, 1.807) is 0 Å². The van der Waals surface area contributed by atoms with Crippen LogP contribution in [-0.4, -0.2) is 18.7 Å². The summed E-state index contributed by atoms with van der Waals surface area (Å²) in [5.74, 6) is 0. The van der Waals surface area contributed by atoms with E-state index in [9.17, 15) is 0 Å². The highest BCUT2D eigenvalue weighted by molar-refractivity contribution is 7.25. The highest BCUT2D eigenvalue weighted by Crippen LogP contribution is 2.49. The standard InChI is InChI=1S/2C48H29NO.C47H28N2S/c1-2-15-37-35(13-1)36-14-3-4-16-38(36)43-29-33(24-25-39(37)43)49-45-21-7-5-17-40(45)44-28-31(23-26-46(44)49)30-11-9-12-32(27-30)34-19-10-20-42-41-18-6-8-22-47(41)50-48(34)42;1-2-14-37-35(12-1)36-13-3-4-15-38(36)42-29-34(22-23-39(37)42)49-45-18-7-5-16-40(45)43-27-32(20-24-46(43)49)30-10-9-11-31(26-30)33-21-25-48-44(28-33)41-17-6-8-19-47(41)50-48;1-2-12-34-32(10-1)33-11-3-4-13-35(33)39-28-31(22-23-36(34)39)49-44-18-7-5-14-37(44)40-26-29(20-24-45(40)49)42-16-9-17-43(48-42)30-21-25-47-41(27-30)38-15-6-8-19-46(38)50-47/h2*1-29H;1-28H. The molecule has 33 rings (SSSR count). The lowest BCUT2D eigenvalue weighted by Crippen LogP contribution is -1.94. The summed E-state index contributed by atoms with van der Waals surface area (Å²) < 4.78 is 22.4. The first-order chi connectivity index (χ1) is 74.4. The number of hydrogen-bond donors (Lipinski definition) is 0. The molecule has 7 heteroatoms. The van der Waals surface area contributed by atoms with Crippen molar-refractivity contribution in [1.82, 2.24) is 18.7 Å². The van der Waals surface area contributed by atoms with Crippen LogP contribution in [0.1, 0.15) is 0 Å². The Morgan fingerprint density at radius 1 is 0.147 bits per heavy atom. The number of rotatable bonds is 9. The molecule has 696 valence electrons. The van der Waals surface area contributed by atoms with Crippen LogP contribution < -0.4 is 0 Å². The third kappa shape index (κ3) is 13.5. The van der Waals surface area contributed by atoms with Crippen LogP contribution in [0, 0.1) is 0 Å². The molecular weight excluding hydrogens is 1840 g/mol. The summed E-state index contributed by atoms with van der Waals surface area (Å²) in [6, 6.07) is 190. The van der Waals surface area contributed by atoms with E-state index in [0.29, 0.717) is 0 Å². The van der Waals surface area contributed by atoms with E-state index in [1.807, 2.05) is 35.6 Å². The quantitative estimate of drug-likeness (QED) is 0.135. The van der Waals surface area contributed by atoms with Gasteiger partial charge in [-0.15, -0.1) is 11.3 Å². The van der Waals surface area contributed by atoms with Gasteiger partial charge >= 0.3 is 0 Å². The van der Waals surface area contributed by atoms with Crippen LogP contribution >= 0.6 is 11.3 Å². The molecule has 33 aromatic rings. The summed E-state index contributed by atoms with van der Waals surface area (Å²) >= 11 is 1.85. The zero-order valence-electron chi connectivity index (χ0n) is 81.2. The van der Waals surface area contributed by atoms with E-state index in [-0.39, 0.29) is 0 Å². The predicted octanol–water partition coefficient (Wildman–Crippen LogP) is 40.3. The lowest BCUT2D eigenvalue weighted by Gasteiger charge is -2.14. The molecule has 150 heavy (non-hydrogen) atoms. The topological polar surface area (TPSA) is 54.0 Å². The third-order valence-electron chi connectivity index (χ3n) is 31.5. The zero-order chi connectivity index (χ0) is 98.3. The Balaban J connectivity index is 0.000000101. The van der Waals surface area contributed by atoms with Crippen molar-refractivity contribution < 1.29 is 8.83 Å². The highest BCUT2D eigenvalue weighted by Gasteiger charge is 2.24. The van der Waals surface area contributed by atoms with Gasteiger partial charge in [0.25, 0.3) is 0 Å². The molecule has 0 saturated carbocycles. The Kier molecular flexibility index (Phi) is 19.3. The molecule has 0 amide bonds. The summed E-state index contributed by atoms with van der Waals surface area (Å²) in [6.45, 7) is 0. The minimum Gasteiger partial charge on any atom is -0.456 e. The van der Waals surface area contributed by atoms with Crippen molar-refractivity contribution in [1.29, 1.82) is 0 Å². The number of furan rings is 2. The van der Waals surface area contributed by atoms with Crippen LogP contribution in [0.2, 0.25) is 0 Å². The van der Waals surface area contributed by atoms with Crippen LogP contribution in [0.25, 0.3) is 311 Å². The van der Waals surface area contributed by atoms with Gasteiger partial charge in [-0.1, -0.05) is 364 Å². The molecule has 0 radical (unpaired) electrons. The van der Waals surface area contributed by atoms with Gasteiger partial charge in [-0.3, -0.25) is 0 Å². The van der Waals surface area contributed by atoms with Gasteiger partial charge in [-0.25, -0.2) is 4.98 Å². The van der Waals surface area contributed by atoms with Crippen LogP contribution in [0.15, 0.2) is 531 Å². The smallest absolute Gasteiger partial charge is 0.143 e. The van der Waals surface area contributed by atoms with Gasteiger partial charge in [0.1, 0.15) is 22.3 Å². The van der Waals surface area contributed by atoms with Crippen molar-refractivity contribution in [3.63, 3.8) is 0 Å². The Labute approximate surface area is 864 Å². The Hall–Kier alpha value is -19.6. The third-order valence-corrected chi connectivity index (χ3v) is 32.7. The molecule has 26 aromatic carbocycles. The van der Waals surface area contributed by atoms with Crippen molar-refractivity contribution in [3.8, 4) is 84.1 Å². The summed E-state index contributed by atoms with van der Waals surface area (Å²) in [4.78, 5) is 5.22. The minimum atomic E-state index is 0.917. The van der Waals surface area contributed by atoms with E-state index < -0.39 is 0 Å². The molecule has 0 unspecified atom stereocenters. The molecule has 0 spiro atoms. The number of thiophene rings is 1. The predicted molar refractivity (Wildman–Crippen MR) is 638 cm³/mol. The maximum atomic E-state index is 6.40. The average molecular weight is 1920 g/mol. The fourth-order valence-corrected chi connectivity index (χ4v) is 25.7. The largest absolute Gasteiger partial charge is 0.456 e. The first-order valence-electron chi connectivity index (χ1n) is 51.4. The monoisotopic (exact) mass is 1920 g/mol. The molecule has 0 bridgehead atoms. The Morgan fingerprint density at radius 2 is 0.427 bits per heavy atom. The summed E-state index contributed by atoms with van der Waals surface area (Å²) in [5, 5.41) is 37.8. The number of benzene rings is 26. The van der Waals surface area contributed by atoms with Gasteiger partial charge in [-0.2, -0.15) is 0 Å². The SMILES string of the molecule is c1cc(-c2ccc3c(c2)c2ccccc2n3-c2ccc3c4ccccc4c4ccccc4c3c2)cc(-c2cccc3c2oc2ccccc23)c1.c1cc(-c2ccc3oc4ccccc4c3c2)cc(-c2ccc3c(c2)c2ccccc2n3-c2ccc3c4ccccc4c4ccccc4c3c2)c1.c1cc(-c2ccc3sc4ccccc4c3c2)nc(-c2ccc3c(c2)c2ccccc2n3-c2ccc3c4ccccc4c4ccccc4c3c2)c1. The lowest BCUT2D eigenvalue weighted by molar-refractivity contribution is 0.669. The highest BCUT2D eigenvalue weighted by atomic mass is 32.1. The van der Waals surface area contributed by atoms with Crippen LogP contribution in [0.4, 0.5) is 0 Å². The first kappa shape index (κ1) is 84.9. The van der Waals surface area contributed by atoms with E-state index in [4.69, 9.17) is 13.8 Å². The van der Waals surface area contributed by atoms with E-state index >= 15 is 0 Å². The van der Waals surface area contributed by atoms with E-state index in [0.717, 1.165) is 88.9 Å². The first-order valence-corrected chi connectivity index (χ1v) is 52.2. The van der Waals surface area contributed by atoms with Crippen LogP contribution in [-0.2, 0) is 0 Å². The van der Waals surface area contributed by atoms with Gasteiger partial charge in [0.2, 0.25) is 0 Å². The van der Waals surface area contributed by atoms with Gasteiger partial charge in [0.05, 0.1) is 44.5 Å². The Morgan fingerprint density at radius 3 is 0.873 bits per heavy atom. The Bertz CT molecular complexity index is 11000. The van der Waals surface area contributed by atoms with Crippen molar-refractivity contribution in [3.05, 3.63) is 522 Å². The van der Waals surface area contributed by atoms with Gasteiger partial charge < -0.3 is 22.5 Å². The maximum absolute atomic E-state index is 6.40. The molecule has 0 aliphatic carbocycles. The van der Waals surface area contributed by atoms with E-state index in [2.05, 4.69) is 511 Å².